The summed E-state index contributed by atoms with van der Waals surface area (Å²) in [5, 5.41) is 1.10. The van der Waals surface area contributed by atoms with E-state index in [4.69, 9.17) is 5.73 Å². The Balaban J connectivity index is 1.89. The van der Waals surface area contributed by atoms with Gasteiger partial charge >= 0.3 is 0 Å². The smallest absolute Gasteiger partial charge is 0.185 e. The molecule has 0 aliphatic carbocycles. The second kappa shape index (κ2) is 5.80. The van der Waals surface area contributed by atoms with Gasteiger partial charge in [0.25, 0.3) is 0 Å². The lowest BCUT2D eigenvalue weighted by atomic mass is 9.98. The first kappa shape index (κ1) is 12.8. The molecule has 2 heterocycles. The first-order valence-corrected chi connectivity index (χ1v) is 7.05. The van der Waals surface area contributed by atoms with Crippen LogP contribution in [0.15, 0.2) is 6.20 Å². The summed E-state index contributed by atoms with van der Waals surface area (Å²) in [5.74, 6) is 0.768. The van der Waals surface area contributed by atoms with Crippen molar-refractivity contribution in [3.63, 3.8) is 0 Å². The number of thiazole rings is 1. The number of nitrogens with zero attached hydrogens (tertiary/aromatic N) is 3. The van der Waals surface area contributed by atoms with Crippen molar-refractivity contribution >= 4 is 16.5 Å². The SMILES string of the molecule is CN1CCCC(CN(C)c2ncc(CN)s2)C1. The van der Waals surface area contributed by atoms with Crippen LogP contribution in [0.2, 0.25) is 0 Å². The van der Waals surface area contributed by atoms with Crippen LogP contribution < -0.4 is 10.6 Å². The summed E-state index contributed by atoms with van der Waals surface area (Å²) in [7, 11) is 4.34. The Kier molecular flexibility index (Phi) is 4.36. The largest absolute Gasteiger partial charge is 0.351 e. The molecule has 96 valence electrons. The summed E-state index contributed by atoms with van der Waals surface area (Å²) >= 11 is 1.71. The third-order valence-electron chi connectivity index (χ3n) is 3.32. The molecule has 1 unspecified atom stereocenters. The number of rotatable bonds is 4. The van der Waals surface area contributed by atoms with Crippen LogP contribution in [0.1, 0.15) is 17.7 Å². The van der Waals surface area contributed by atoms with Gasteiger partial charge in [-0.25, -0.2) is 4.98 Å². The molecule has 1 aromatic rings. The lowest BCUT2D eigenvalue weighted by Crippen LogP contribution is -2.38. The highest BCUT2D eigenvalue weighted by molar-refractivity contribution is 7.15. The van der Waals surface area contributed by atoms with Crippen molar-refractivity contribution in [3.8, 4) is 0 Å². The van der Waals surface area contributed by atoms with Crippen LogP contribution in [-0.4, -0.2) is 43.6 Å². The maximum absolute atomic E-state index is 5.61. The van der Waals surface area contributed by atoms with Gasteiger partial charge in [0.1, 0.15) is 0 Å². The van der Waals surface area contributed by atoms with E-state index in [1.165, 1.54) is 25.9 Å². The molecule has 1 saturated heterocycles. The molecule has 1 aliphatic heterocycles. The van der Waals surface area contributed by atoms with E-state index < -0.39 is 0 Å². The van der Waals surface area contributed by atoms with Crippen molar-refractivity contribution in [2.75, 3.05) is 38.6 Å². The maximum atomic E-state index is 5.61. The van der Waals surface area contributed by atoms with E-state index in [9.17, 15) is 0 Å². The quantitative estimate of drug-likeness (QED) is 0.882. The number of anilines is 1. The zero-order chi connectivity index (χ0) is 12.3. The second-order valence-electron chi connectivity index (χ2n) is 4.96. The second-order valence-corrected chi connectivity index (χ2v) is 6.06. The van der Waals surface area contributed by atoms with Gasteiger partial charge in [-0.3, -0.25) is 0 Å². The summed E-state index contributed by atoms with van der Waals surface area (Å²) in [5.41, 5.74) is 5.61. The summed E-state index contributed by atoms with van der Waals surface area (Å²) in [6.45, 7) is 4.15. The topological polar surface area (TPSA) is 45.4 Å². The zero-order valence-corrected chi connectivity index (χ0v) is 11.5. The molecule has 0 spiro atoms. The summed E-state index contributed by atoms with van der Waals surface area (Å²) in [6.07, 6.45) is 4.55. The van der Waals surface area contributed by atoms with Crippen LogP contribution in [0.25, 0.3) is 0 Å². The Morgan fingerprint density at radius 2 is 2.47 bits per heavy atom. The molecule has 1 aromatic heterocycles. The third-order valence-corrected chi connectivity index (χ3v) is 4.46. The van der Waals surface area contributed by atoms with Crippen LogP contribution in [0.3, 0.4) is 0 Å². The number of likely N-dealkylation sites (tertiary alicyclic amines) is 1. The highest BCUT2D eigenvalue weighted by Crippen LogP contribution is 2.23. The third kappa shape index (κ3) is 3.40. The van der Waals surface area contributed by atoms with E-state index >= 15 is 0 Å². The van der Waals surface area contributed by atoms with E-state index in [1.54, 1.807) is 11.3 Å². The van der Waals surface area contributed by atoms with E-state index in [-0.39, 0.29) is 0 Å². The Labute approximate surface area is 107 Å². The van der Waals surface area contributed by atoms with Gasteiger partial charge in [0.2, 0.25) is 0 Å². The first-order chi connectivity index (χ1) is 8.19. The monoisotopic (exact) mass is 254 g/mol. The predicted molar refractivity (Wildman–Crippen MR) is 73.5 cm³/mol. The van der Waals surface area contributed by atoms with Crippen LogP contribution in [0.5, 0.6) is 0 Å². The summed E-state index contributed by atoms with van der Waals surface area (Å²) in [4.78, 5) is 10.3. The van der Waals surface area contributed by atoms with Gasteiger partial charge in [-0.1, -0.05) is 0 Å². The van der Waals surface area contributed by atoms with Gasteiger partial charge in [-0.05, 0) is 32.4 Å². The highest BCUT2D eigenvalue weighted by Gasteiger charge is 2.19. The van der Waals surface area contributed by atoms with Gasteiger partial charge in [0, 0.05) is 37.8 Å². The molecule has 0 bridgehead atoms. The van der Waals surface area contributed by atoms with Crippen LogP contribution in [0.4, 0.5) is 5.13 Å². The molecule has 0 saturated carbocycles. The molecule has 0 aromatic carbocycles. The predicted octanol–water partition coefficient (Wildman–Crippen LogP) is 1.38. The van der Waals surface area contributed by atoms with Crippen LogP contribution in [0, 0.1) is 5.92 Å². The molecular weight excluding hydrogens is 232 g/mol. The van der Waals surface area contributed by atoms with Crippen molar-refractivity contribution < 1.29 is 0 Å². The van der Waals surface area contributed by atoms with E-state index in [2.05, 4.69) is 28.9 Å². The van der Waals surface area contributed by atoms with Gasteiger partial charge in [-0.2, -0.15) is 0 Å². The Morgan fingerprint density at radius 1 is 1.65 bits per heavy atom. The molecule has 2 rings (SSSR count). The van der Waals surface area contributed by atoms with Crippen molar-refractivity contribution in [1.29, 1.82) is 0 Å². The summed E-state index contributed by atoms with van der Waals surface area (Å²) < 4.78 is 0. The van der Waals surface area contributed by atoms with Gasteiger partial charge in [-0.15, -0.1) is 11.3 Å². The van der Waals surface area contributed by atoms with Crippen LogP contribution >= 0.6 is 11.3 Å². The van der Waals surface area contributed by atoms with E-state index in [0.29, 0.717) is 6.54 Å². The van der Waals surface area contributed by atoms with Crippen molar-refractivity contribution in [1.82, 2.24) is 9.88 Å². The van der Waals surface area contributed by atoms with Crippen molar-refractivity contribution in [3.05, 3.63) is 11.1 Å². The van der Waals surface area contributed by atoms with Gasteiger partial charge < -0.3 is 15.5 Å². The molecule has 0 amide bonds. The molecule has 5 heteroatoms. The summed E-state index contributed by atoms with van der Waals surface area (Å²) in [6, 6.07) is 0. The Morgan fingerprint density at radius 3 is 3.12 bits per heavy atom. The maximum Gasteiger partial charge on any atom is 0.185 e. The fraction of sp³-hybridized carbons (Fsp3) is 0.750. The molecule has 2 N–H and O–H groups in total. The molecule has 1 fully saturated rings. The van der Waals surface area contributed by atoms with Crippen molar-refractivity contribution in [2.24, 2.45) is 11.7 Å². The minimum atomic E-state index is 0.595. The van der Waals surface area contributed by atoms with Gasteiger partial charge in [0.15, 0.2) is 5.13 Å². The standard InChI is InChI=1S/C12H22N4S/c1-15-5-3-4-10(8-15)9-16(2)12-14-7-11(6-13)17-12/h7,10H,3-6,8-9,13H2,1-2H3. The molecule has 0 radical (unpaired) electrons. The van der Waals surface area contributed by atoms with Crippen molar-refractivity contribution in [2.45, 2.75) is 19.4 Å². The Bertz CT molecular complexity index is 352. The molecule has 17 heavy (non-hydrogen) atoms. The first-order valence-electron chi connectivity index (χ1n) is 6.23. The Hall–Kier alpha value is -0.650. The lowest BCUT2D eigenvalue weighted by Gasteiger charge is -2.32. The molecule has 4 nitrogen and oxygen atoms in total. The number of nitrogens with two attached hydrogens (primary N) is 1. The normalized spacial score (nSPS) is 21.7. The lowest BCUT2D eigenvalue weighted by molar-refractivity contribution is 0.213. The zero-order valence-electron chi connectivity index (χ0n) is 10.7. The van der Waals surface area contributed by atoms with Gasteiger partial charge in [0.05, 0.1) is 0 Å². The van der Waals surface area contributed by atoms with E-state index in [0.717, 1.165) is 22.5 Å². The molecule has 1 aliphatic rings. The average Bonchev–Trinajstić information content (AvgIpc) is 2.77. The molecular formula is C12H22N4S. The number of hydrogen-bond donors (Lipinski definition) is 1. The minimum absolute atomic E-state index is 0.595. The number of hydrogen-bond acceptors (Lipinski definition) is 5. The fourth-order valence-corrected chi connectivity index (χ4v) is 3.21. The van der Waals surface area contributed by atoms with E-state index in [1.807, 2.05) is 6.20 Å². The number of aromatic nitrogens is 1. The fourth-order valence-electron chi connectivity index (χ4n) is 2.46. The van der Waals surface area contributed by atoms with Crippen LogP contribution in [-0.2, 0) is 6.54 Å². The number of piperidine rings is 1. The molecule has 1 atom stereocenters. The highest BCUT2D eigenvalue weighted by atomic mass is 32.1. The minimum Gasteiger partial charge on any atom is -0.351 e. The average molecular weight is 254 g/mol.